The third-order valence-electron chi connectivity index (χ3n) is 5.94. The van der Waals surface area contributed by atoms with Crippen molar-refractivity contribution in [2.24, 2.45) is 0 Å². The molecule has 7 heteroatoms. The zero-order valence-corrected chi connectivity index (χ0v) is 18.8. The number of carbonyl (C=O) groups excluding carboxylic acids is 1. The highest BCUT2D eigenvalue weighted by atomic mass is 16.3. The van der Waals surface area contributed by atoms with E-state index in [1.54, 1.807) is 7.05 Å². The number of carbonyl (C=O) groups is 1. The number of urea groups is 1. The zero-order valence-electron chi connectivity index (χ0n) is 18.8. The minimum absolute atomic E-state index is 0.0522. The molecular weight excluding hydrogens is 404 g/mol. The Morgan fingerprint density at radius 2 is 1.75 bits per heavy atom. The van der Waals surface area contributed by atoms with Gasteiger partial charge >= 0.3 is 6.03 Å². The number of aliphatic hydroxyl groups is 2. The summed E-state index contributed by atoms with van der Waals surface area (Å²) in [4.78, 5) is 20.7. The van der Waals surface area contributed by atoms with Gasteiger partial charge in [-0.1, -0.05) is 68.4 Å². The number of imidazole rings is 1. The predicted octanol–water partition coefficient (Wildman–Crippen LogP) is 3.97. The fraction of sp³-hybridized carbons (Fsp3) is 0.360. The Hall–Kier alpha value is -3.16. The molecule has 0 bridgehead atoms. The molecule has 168 valence electrons. The first-order chi connectivity index (χ1) is 15.4. The average Bonchev–Trinajstić information content (AvgIpc) is 3.17. The molecular formula is C25H30N4O3. The molecule has 0 radical (unpaired) electrons. The van der Waals surface area contributed by atoms with E-state index in [9.17, 15) is 15.0 Å². The van der Waals surface area contributed by atoms with Gasteiger partial charge in [0, 0.05) is 32.3 Å². The monoisotopic (exact) mass is 434 g/mol. The highest BCUT2D eigenvalue weighted by molar-refractivity contribution is 5.94. The molecule has 0 saturated carbocycles. The van der Waals surface area contributed by atoms with Crippen molar-refractivity contribution < 1.29 is 15.0 Å². The topological polar surface area (TPSA) is 81.8 Å². The smallest absolute Gasteiger partial charge is 0.327 e. The molecule has 1 atom stereocenters. The van der Waals surface area contributed by atoms with Crippen LogP contribution in [0.25, 0.3) is 11.4 Å². The Bertz CT molecular complexity index is 1090. The molecule has 32 heavy (non-hydrogen) atoms. The van der Waals surface area contributed by atoms with Crippen molar-refractivity contribution >= 4 is 11.8 Å². The van der Waals surface area contributed by atoms with Gasteiger partial charge in [0.1, 0.15) is 11.5 Å². The summed E-state index contributed by atoms with van der Waals surface area (Å²) < 4.78 is 2.02. The first-order valence-electron chi connectivity index (χ1n) is 11.0. The van der Waals surface area contributed by atoms with Crippen LogP contribution in [-0.4, -0.2) is 50.9 Å². The van der Waals surface area contributed by atoms with E-state index in [1.165, 1.54) is 9.80 Å². The molecule has 7 nitrogen and oxygen atoms in total. The van der Waals surface area contributed by atoms with Crippen LogP contribution in [0.15, 0.2) is 54.6 Å². The van der Waals surface area contributed by atoms with Gasteiger partial charge < -0.3 is 14.8 Å². The van der Waals surface area contributed by atoms with E-state index in [0.717, 1.165) is 22.5 Å². The second-order valence-electron chi connectivity index (χ2n) is 8.44. The first kappa shape index (κ1) is 22.0. The molecule has 1 aliphatic heterocycles. The van der Waals surface area contributed by atoms with Gasteiger partial charge in [0.25, 0.3) is 0 Å². The highest BCUT2D eigenvalue weighted by Crippen LogP contribution is 2.39. The lowest BCUT2D eigenvalue weighted by atomic mass is 9.97. The maximum Gasteiger partial charge on any atom is 0.327 e. The molecule has 1 aliphatic rings. The van der Waals surface area contributed by atoms with Crippen molar-refractivity contribution in [1.29, 1.82) is 0 Å². The van der Waals surface area contributed by atoms with Gasteiger partial charge in [-0.2, -0.15) is 0 Å². The number of aromatic nitrogens is 2. The van der Waals surface area contributed by atoms with E-state index in [0.29, 0.717) is 24.5 Å². The number of aliphatic hydroxyl groups excluding tert-OH is 2. The van der Waals surface area contributed by atoms with E-state index in [4.69, 9.17) is 4.98 Å². The van der Waals surface area contributed by atoms with Crippen LogP contribution in [0.4, 0.5) is 10.6 Å². The summed E-state index contributed by atoms with van der Waals surface area (Å²) in [6.07, 6.45) is -0.751. The number of anilines is 1. The summed E-state index contributed by atoms with van der Waals surface area (Å²) in [6, 6.07) is 17.8. The molecule has 1 unspecified atom stereocenters. The van der Waals surface area contributed by atoms with Gasteiger partial charge in [-0.15, -0.1) is 0 Å². The molecule has 4 rings (SSSR count). The van der Waals surface area contributed by atoms with Gasteiger partial charge in [-0.3, -0.25) is 9.80 Å². The van der Waals surface area contributed by atoms with E-state index >= 15 is 0 Å². The first-order valence-corrected chi connectivity index (χ1v) is 11.0. The van der Waals surface area contributed by atoms with E-state index in [1.807, 2.05) is 53.1 Å². The van der Waals surface area contributed by atoms with Gasteiger partial charge in [0.05, 0.1) is 0 Å². The summed E-state index contributed by atoms with van der Waals surface area (Å²) in [5.74, 6) is 1.48. The van der Waals surface area contributed by atoms with E-state index in [-0.39, 0.29) is 25.1 Å². The number of nitrogens with zero attached hydrogens (tertiary/aromatic N) is 4. The van der Waals surface area contributed by atoms with Crippen LogP contribution in [0.5, 0.6) is 0 Å². The number of amides is 2. The van der Waals surface area contributed by atoms with Crippen LogP contribution in [0.2, 0.25) is 0 Å². The fourth-order valence-electron chi connectivity index (χ4n) is 4.28. The number of benzene rings is 2. The molecule has 0 spiro atoms. The highest BCUT2D eigenvalue weighted by Gasteiger charge is 2.40. The Labute approximate surface area is 188 Å². The Balaban J connectivity index is 1.92. The van der Waals surface area contributed by atoms with Gasteiger partial charge in [-0.05, 0) is 23.5 Å². The van der Waals surface area contributed by atoms with Gasteiger partial charge in [0.15, 0.2) is 12.0 Å². The molecule has 2 aromatic carbocycles. The lowest BCUT2D eigenvalue weighted by Gasteiger charge is -2.37. The second kappa shape index (κ2) is 9.14. The average molecular weight is 435 g/mol. The fourth-order valence-corrected chi connectivity index (χ4v) is 4.28. The minimum atomic E-state index is -1.14. The zero-order chi connectivity index (χ0) is 22.8. The summed E-state index contributed by atoms with van der Waals surface area (Å²) in [6.45, 7) is 5.00. The van der Waals surface area contributed by atoms with Crippen molar-refractivity contribution in [2.45, 2.75) is 39.0 Å². The molecule has 2 heterocycles. The lowest BCUT2D eigenvalue weighted by molar-refractivity contribution is 0.0193. The predicted molar refractivity (Wildman–Crippen MR) is 124 cm³/mol. The van der Waals surface area contributed by atoms with Crippen LogP contribution in [0.3, 0.4) is 0 Å². The van der Waals surface area contributed by atoms with Crippen LogP contribution >= 0.6 is 0 Å². The lowest BCUT2D eigenvalue weighted by Crippen LogP contribution is -2.49. The normalized spacial score (nSPS) is 16.1. The molecule has 3 aromatic rings. The van der Waals surface area contributed by atoms with E-state index in [2.05, 4.69) is 19.9 Å². The van der Waals surface area contributed by atoms with Crippen molar-refractivity contribution in [1.82, 2.24) is 14.5 Å². The van der Waals surface area contributed by atoms with Crippen molar-refractivity contribution in [2.75, 3.05) is 25.1 Å². The maximum absolute atomic E-state index is 13.0. The Morgan fingerprint density at radius 1 is 1.06 bits per heavy atom. The van der Waals surface area contributed by atoms with Crippen molar-refractivity contribution in [3.63, 3.8) is 0 Å². The van der Waals surface area contributed by atoms with Gasteiger partial charge in [0.2, 0.25) is 0 Å². The van der Waals surface area contributed by atoms with Crippen molar-refractivity contribution in [3.8, 4) is 11.4 Å². The molecule has 2 N–H and O–H groups in total. The number of hydrogen-bond donors (Lipinski definition) is 2. The maximum atomic E-state index is 13.0. The summed E-state index contributed by atoms with van der Waals surface area (Å²) >= 11 is 0. The van der Waals surface area contributed by atoms with Crippen LogP contribution in [-0.2, 0) is 6.54 Å². The molecule has 0 saturated heterocycles. The molecule has 0 aliphatic carbocycles. The number of hydrogen-bond acceptors (Lipinski definition) is 4. The summed E-state index contributed by atoms with van der Waals surface area (Å²) in [5.41, 5.74) is 3.81. The van der Waals surface area contributed by atoms with E-state index < -0.39 is 6.23 Å². The summed E-state index contributed by atoms with van der Waals surface area (Å²) in [5, 5.41) is 20.5. The summed E-state index contributed by atoms with van der Waals surface area (Å²) in [7, 11) is 1.68. The SMILES string of the molecule is CC(C)c1ccccc1-c1nc2c(n1Cc1ccccc1)C(O)N(CCCO)C(=O)N2C. The van der Waals surface area contributed by atoms with Crippen molar-refractivity contribution in [3.05, 3.63) is 71.4 Å². The number of rotatable bonds is 7. The molecule has 2 amide bonds. The largest absolute Gasteiger partial charge is 0.396 e. The van der Waals surface area contributed by atoms with Crippen LogP contribution < -0.4 is 4.90 Å². The molecule has 0 fully saturated rings. The minimum Gasteiger partial charge on any atom is -0.396 e. The molecule has 1 aromatic heterocycles. The third-order valence-corrected chi connectivity index (χ3v) is 5.94. The standard InChI is InChI=1S/C25H30N4O3/c1-17(2)19-12-7-8-13-20(19)22-26-23-21(29(22)16-18-10-5-4-6-11-18)24(31)28(14-9-15-30)25(32)27(23)3/h4-8,10-13,17,24,30-31H,9,14-16H2,1-3H3. The van der Waals surface area contributed by atoms with Crippen LogP contribution in [0, 0.1) is 0 Å². The van der Waals surface area contributed by atoms with Crippen LogP contribution in [0.1, 0.15) is 49.2 Å². The van der Waals surface area contributed by atoms with Gasteiger partial charge in [-0.25, -0.2) is 9.78 Å². The second-order valence-corrected chi connectivity index (χ2v) is 8.44. The third kappa shape index (κ3) is 3.89. The Kier molecular flexibility index (Phi) is 6.30. The Morgan fingerprint density at radius 3 is 2.44 bits per heavy atom. The quantitative estimate of drug-likeness (QED) is 0.590. The number of fused-ring (bicyclic) bond motifs is 1.